The molecule has 0 aliphatic carbocycles. The Bertz CT molecular complexity index is 862. The van der Waals surface area contributed by atoms with Crippen LogP contribution in [0.5, 0.6) is 0 Å². The Morgan fingerprint density at radius 1 is 1.08 bits per heavy atom. The summed E-state index contributed by atoms with van der Waals surface area (Å²) in [7, 11) is 0. The summed E-state index contributed by atoms with van der Waals surface area (Å²) in [6.45, 7) is 3.11. The number of fused-ring (bicyclic) bond motifs is 1. The molecular weight excluding hydrogens is 316 g/mol. The molecule has 0 unspecified atom stereocenters. The second-order valence-corrected chi connectivity index (χ2v) is 6.09. The molecular formula is C18H20N6O. The summed E-state index contributed by atoms with van der Waals surface area (Å²) < 4.78 is 0. The Kier molecular flexibility index (Phi) is 4.20. The fraction of sp³-hybridized carbons (Fsp3) is 0.278. The average Bonchev–Trinajstić information content (AvgIpc) is 2.90. The first-order chi connectivity index (χ1) is 12.3. The topological polar surface area (TPSA) is 77.2 Å². The molecule has 0 spiro atoms. The number of anilines is 2. The molecule has 2 amide bonds. The number of benzene rings is 1. The second kappa shape index (κ2) is 6.80. The summed E-state index contributed by atoms with van der Waals surface area (Å²) in [6.07, 6.45) is 4.56. The van der Waals surface area contributed by atoms with Crippen LogP contribution in [0.15, 0.2) is 48.8 Å². The lowest BCUT2D eigenvalue weighted by molar-refractivity contribution is 0.215. The fourth-order valence-corrected chi connectivity index (χ4v) is 3.16. The van der Waals surface area contributed by atoms with Crippen LogP contribution in [0.3, 0.4) is 0 Å². The van der Waals surface area contributed by atoms with Gasteiger partial charge in [0.1, 0.15) is 0 Å². The first-order valence-electron chi connectivity index (χ1n) is 8.45. The van der Waals surface area contributed by atoms with Gasteiger partial charge in [0.05, 0.1) is 17.4 Å². The van der Waals surface area contributed by atoms with E-state index in [4.69, 9.17) is 0 Å². The lowest BCUT2D eigenvalue weighted by atomic mass is 10.2. The minimum Gasteiger partial charge on any atom is -0.368 e. The van der Waals surface area contributed by atoms with E-state index in [-0.39, 0.29) is 6.03 Å². The molecule has 3 heterocycles. The fourth-order valence-electron chi connectivity index (χ4n) is 3.16. The minimum absolute atomic E-state index is 0.106. The zero-order valence-electron chi connectivity index (χ0n) is 13.9. The van der Waals surface area contributed by atoms with E-state index < -0.39 is 0 Å². The number of aromatic amines is 1. The Morgan fingerprint density at radius 3 is 2.88 bits per heavy atom. The van der Waals surface area contributed by atoms with E-state index in [9.17, 15) is 4.79 Å². The molecule has 1 fully saturated rings. The molecule has 128 valence electrons. The van der Waals surface area contributed by atoms with Crippen LogP contribution in [0, 0.1) is 0 Å². The summed E-state index contributed by atoms with van der Waals surface area (Å²) in [5.74, 6) is 0.578. The van der Waals surface area contributed by atoms with Crippen molar-refractivity contribution < 1.29 is 4.79 Å². The number of para-hydroxylation sites is 1. The Labute approximate surface area is 145 Å². The van der Waals surface area contributed by atoms with Crippen molar-refractivity contribution >= 4 is 28.4 Å². The monoisotopic (exact) mass is 336 g/mol. The summed E-state index contributed by atoms with van der Waals surface area (Å²) in [4.78, 5) is 20.9. The molecule has 4 rings (SSSR count). The summed E-state index contributed by atoms with van der Waals surface area (Å²) in [5.41, 5.74) is 2.01. The van der Waals surface area contributed by atoms with Crippen molar-refractivity contribution in [2.75, 3.05) is 36.4 Å². The predicted molar refractivity (Wildman–Crippen MR) is 97.8 cm³/mol. The number of aromatic nitrogens is 3. The molecule has 2 aromatic heterocycles. The summed E-state index contributed by atoms with van der Waals surface area (Å²) in [6, 6.07) is 11.6. The molecule has 7 heteroatoms. The largest absolute Gasteiger partial charge is 0.368 e. The minimum atomic E-state index is -0.106. The molecule has 0 radical (unpaired) electrons. The van der Waals surface area contributed by atoms with Gasteiger partial charge in [0, 0.05) is 37.8 Å². The molecule has 25 heavy (non-hydrogen) atoms. The Morgan fingerprint density at radius 2 is 2.00 bits per heavy atom. The van der Waals surface area contributed by atoms with Gasteiger partial charge in [-0.1, -0.05) is 12.1 Å². The van der Waals surface area contributed by atoms with Crippen LogP contribution < -0.4 is 10.2 Å². The molecule has 1 saturated heterocycles. The third-order valence-corrected chi connectivity index (χ3v) is 4.49. The number of H-pyrrole nitrogens is 1. The molecule has 7 nitrogen and oxygen atoms in total. The quantitative estimate of drug-likeness (QED) is 0.754. The zero-order chi connectivity index (χ0) is 17.1. The van der Waals surface area contributed by atoms with E-state index in [1.54, 1.807) is 6.20 Å². The van der Waals surface area contributed by atoms with Gasteiger partial charge in [0.2, 0.25) is 0 Å². The highest BCUT2D eigenvalue weighted by Crippen LogP contribution is 2.20. The van der Waals surface area contributed by atoms with E-state index >= 15 is 0 Å². The number of rotatable bonds is 2. The number of pyridine rings is 1. The number of nitrogens with zero attached hydrogens (tertiary/aromatic N) is 4. The van der Waals surface area contributed by atoms with Crippen LogP contribution in [0.4, 0.5) is 16.3 Å². The predicted octanol–water partition coefficient (Wildman–Crippen LogP) is 2.70. The average molecular weight is 336 g/mol. The van der Waals surface area contributed by atoms with Gasteiger partial charge in [-0.3, -0.25) is 15.4 Å². The Hall–Kier alpha value is -3.09. The van der Waals surface area contributed by atoms with Crippen LogP contribution in [-0.2, 0) is 0 Å². The van der Waals surface area contributed by atoms with Crippen LogP contribution in [-0.4, -0.2) is 52.3 Å². The first kappa shape index (κ1) is 15.4. The van der Waals surface area contributed by atoms with E-state index in [0.29, 0.717) is 12.4 Å². The lowest BCUT2D eigenvalue weighted by Gasteiger charge is -2.23. The van der Waals surface area contributed by atoms with E-state index in [1.165, 1.54) is 0 Å². The van der Waals surface area contributed by atoms with Crippen molar-refractivity contribution in [3.05, 3.63) is 48.8 Å². The van der Waals surface area contributed by atoms with Gasteiger partial charge >= 0.3 is 6.03 Å². The van der Waals surface area contributed by atoms with Crippen molar-refractivity contribution in [2.45, 2.75) is 6.42 Å². The van der Waals surface area contributed by atoms with Crippen LogP contribution in [0.1, 0.15) is 6.42 Å². The highest BCUT2D eigenvalue weighted by Gasteiger charge is 2.20. The van der Waals surface area contributed by atoms with Gasteiger partial charge in [-0.2, -0.15) is 5.10 Å². The molecule has 0 saturated carbocycles. The standard InChI is InChI=1S/C18H20N6O/c25-18(20-17-15-6-1-2-7-16(15)21-22-17)24-10-4-9-23(11-12-24)14-5-3-8-19-13-14/h1-3,5-8,13H,4,9-12H2,(H2,20,21,22,25). The van der Waals surface area contributed by atoms with Crippen LogP contribution >= 0.6 is 0 Å². The van der Waals surface area contributed by atoms with Gasteiger partial charge in [0.15, 0.2) is 5.82 Å². The summed E-state index contributed by atoms with van der Waals surface area (Å²) >= 11 is 0. The maximum atomic E-state index is 12.6. The Balaban J connectivity index is 1.43. The lowest BCUT2D eigenvalue weighted by Crippen LogP contribution is -2.38. The molecule has 3 aromatic rings. The highest BCUT2D eigenvalue weighted by molar-refractivity contribution is 5.98. The number of urea groups is 1. The van der Waals surface area contributed by atoms with Gasteiger partial charge in [-0.15, -0.1) is 0 Å². The van der Waals surface area contributed by atoms with Crippen molar-refractivity contribution in [3.63, 3.8) is 0 Å². The molecule has 2 N–H and O–H groups in total. The summed E-state index contributed by atoms with van der Waals surface area (Å²) in [5, 5.41) is 11.0. The number of carbonyl (C=O) groups is 1. The zero-order valence-corrected chi connectivity index (χ0v) is 13.9. The van der Waals surface area contributed by atoms with Gasteiger partial charge < -0.3 is 9.80 Å². The SMILES string of the molecule is O=C(Nc1n[nH]c2ccccc12)N1CCCN(c2cccnc2)CC1. The van der Waals surface area contributed by atoms with E-state index in [1.807, 2.05) is 41.4 Å². The van der Waals surface area contributed by atoms with E-state index in [2.05, 4.69) is 31.5 Å². The van der Waals surface area contributed by atoms with Crippen molar-refractivity contribution in [1.82, 2.24) is 20.1 Å². The third kappa shape index (κ3) is 3.26. The van der Waals surface area contributed by atoms with E-state index in [0.717, 1.165) is 42.6 Å². The molecule has 1 aromatic carbocycles. The van der Waals surface area contributed by atoms with Crippen molar-refractivity contribution in [3.8, 4) is 0 Å². The van der Waals surface area contributed by atoms with Crippen LogP contribution in [0.25, 0.3) is 10.9 Å². The number of carbonyl (C=O) groups excluding carboxylic acids is 1. The normalized spacial score (nSPS) is 15.2. The molecule has 0 bridgehead atoms. The molecule has 1 aliphatic heterocycles. The number of amides is 2. The van der Waals surface area contributed by atoms with Gasteiger partial charge in [-0.25, -0.2) is 4.79 Å². The van der Waals surface area contributed by atoms with Crippen molar-refractivity contribution in [2.24, 2.45) is 0 Å². The smallest absolute Gasteiger partial charge is 0.323 e. The molecule has 1 aliphatic rings. The first-order valence-corrected chi connectivity index (χ1v) is 8.45. The van der Waals surface area contributed by atoms with Gasteiger partial charge in [0.25, 0.3) is 0 Å². The van der Waals surface area contributed by atoms with Crippen molar-refractivity contribution in [1.29, 1.82) is 0 Å². The van der Waals surface area contributed by atoms with Gasteiger partial charge in [-0.05, 0) is 30.7 Å². The number of nitrogens with one attached hydrogen (secondary N) is 2. The van der Waals surface area contributed by atoms with Crippen LogP contribution in [0.2, 0.25) is 0 Å². The second-order valence-electron chi connectivity index (χ2n) is 6.09. The number of hydrogen-bond acceptors (Lipinski definition) is 4. The third-order valence-electron chi connectivity index (χ3n) is 4.49. The maximum Gasteiger partial charge on any atom is 0.323 e. The maximum absolute atomic E-state index is 12.6. The molecule has 0 atom stereocenters. The highest BCUT2D eigenvalue weighted by atomic mass is 16.2. The number of hydrogen-bond donors (Lipinski definition) is 2.